The Hall–Kier alpha value is -1.54. The van der Waals surface area contributed by atoms with Crippen LogP contribution in [0.3, 0.4) is 0 Å². The molecule has 2 saturated heterocycles. The van der Waals surface area contributed by atoms with E-state index in [1.54, 1.807) is 11.3 Å². The van der Waals surface area contributed by atoms with Gasteiger partial charge in [-0.1, -0.05) is 16.5 Å². The summed E-state index contributed by atoms with van der Waals surface area (Å²) >= 11 is 1.62. The predicted molar refractivity (Wildman–Crippen MR) is 76.5 cm³/mol. The number of fused-ring (bicyclic) bond motifs is 1. The number of anilines is 1. The van der Waals surface area contributed by atoms with Crippen LogP contribution < -0.4 is 4.90 Å². The molecule has 0 saturated carbocycles. The van der Waals surface area contributed by atoms with Crippen LogP contribution in [0.5, 0.6) is 0 Å². The first-order valence-corrected chi connectivity index (χ1v) is 7.96. The van der Waals surface area contributed by atoms with Crippen molar-refractivity contribution in [3.8, 4) is 0 Å². The number of nitrogens with zero attached hydrogens (tertiary/aromatic N) is 5. The van der Waals surface area contributed by atoms with Crippen LogP contribution in [0.2, 0.25) is 0 Å². The molecular formula is C13H17N5O2S. The van der Waals surface area contributed by atoms with Crippen LogP contribution in [0.15, 0.2) is 4.52 Å². The quantitative estimate of drug-likeness (QED) is 0.831. The molecule has 21 heavy (non-hydrogen) atoms. The number of hydrogen-bond acceptors (Lipinski definition) is 8. The van der Waals surface area contributed by atoms with E-state index in [-0.39, 0.29) is 11.5 Å². The largest absolute Gasteiger partial charge is 0.377 e. The summed E-state index contributed by atoms with van der Waals surface area (Å²) in [6, 6.07) is 0. The second-order valence-electron chi connectivity index (χ2n) is 5.73. The first-order valence-electron chi connectivity index (χ1n) is 7.15. The fraction of sp³-hybridized carbons (Fsp3) is 0.692. The number of ether oxygens (including phenoxy) is 1. The Morgan fingerprint density at radius 3 is 2.95 bits per heavy atom. The first-order chi connectivity index (χ1) is 10.2. The Labute approximate surface area is 126 Å². The zero-order chi connectivity index (χ0) is 14.4. The molecule has 0 aliphatic carbocycles. The van der Waals surface area contributed by atoms with Crippen molar-refractivity contribution < 1.29 is 9.26 Å². The van der Waals surface area contributed by atoms with E-state index >= 15 is 0 Å². The van der Waals surface area contributed by atoms with Crippen LogP contribution in [0.1, 0.15) is 29.6 Å². The Morgan fingerprint density at radius 1 is 1.33 bits per heavy atom. The summed E-state index contributed by atoms with van der Waals surface area (Å²) in [5.74, 6) is 1.38. The Bertz CT molecular complexity index is 657. The lowest BCUT2D eigenvalue weighted by atomic mass is 9.76. The van der Waals surface area contributed by atoms with Crippen molar-refractivity contribution >= 4 is 16.5 Å². The van der Waals surface area contributed by atoms with Gasteiger partial charge < -0.3 is 14.2 Å². The topological polar surface area (TPSA) is 77.2 Å². The minimum absolute atomic E-state index is 0.155. The van der Waals surface area contributed by atoms with Gasteiger partial charge in [-0.05, 0) is 26.7 Å². The van der Waals surface area contributed by atoms with Crippen LogP contribution in [0.25, 0.3) is 0 Å². The van der Waals surface area contributed by atoms with Crippen LogP contribution >= 0.6 is 11.3 Å². The average molecular weight is 307 g/mol. The number of aryl methyl sites for hydroxylation is 2. The molecule has 4 heterocycles. The molecule has 4 rings (SSSR count). The number of aromatic nitrogens is 4. The molecule has 0 radical (unpaired) electrons. The van der Waals surface area contributed by atoms with E-state index in [1.807, 2.05) is 13.8 Å². The molecule has 2 aliphatic heterocycles. The Morgan fingerprint density at radius 2 is 2.24 bits per heavy atom. The van der Waals surface area contributed by atoms with Gasteiger partial charge in [0.2, 0.25) is 11.0 Å². The molecule has 8 heteroatoms. The van der Waals surface area contributed by atoms with Crippen molar-refractivity contribution in [2.75, 3.05) is 24.6 Å². The van der Waals surface area contributed by atoms with Gasteiger partial charge in [-0.3, -0.25) is 0 Å². The molecule has 0 N–H and O–H groups in total. The van der Waals surface area contributed by atoms with E-state index in [9.17, 15) is 0 Å². The van der Waals surface area contributed by atoms with Crippen LogP contribution in [0, 0.1) is 13.8 Å². The van der Waals surface area contributed by atoms with Crippen molar-refractivity contribution in [3.63, 3.8) is 0 Å². The molecule has 0 bridgehead atoms. The number of rotatable bonds is 2. The smallest absolute Gasteiger partial charge is 0.237 e. The van der Waals surface area contributed by atoms with Gasteiger partial charge in [0.05, 0.1) is 11.5 Å². The summed E-state index contributed by atoms with van der Waals surface area (Å²) in [6.45, 7) is 6.30. The van der Waals surface area contributed by atoms with Gasteiger partial charge >= 0.3 is 0 Å². The molecule has 2 aromatic heterocycles. The van der Waals surface area contributed by atoms with E-state index in [0.29, 0.717) is 11.7 Å². The lowest BCUT2D eigenvalue weighted by Crippen LogP contribution is -2.52. The van der Waals surface area contributed by atoms with Crippen LogP contribution in [0.4, 0.5) is 5.13 Å². The number of piperidine rings is 1. The molecule has 0 amide bonds. The molecule has 2 fully saturated rings. The van der Waals surface area contributed by atoms with Crippen LogP contribution in [-0.2, 0) is 10.2 Å². The van der Waals surface area contributed by atoms with Crippen molar-refractivity contribution in [2.45, 2.75) is 38.2 Å². The molecule has 112 valence electrons. The zero-order valence-electron chi connectivity index (χ0n) is 12.1. The molecule has 7 nitrogen and oxygen atoms in total. The molecule has 0 aromatic carbocycles. The highest BCUT2D eigenvalue weighted by Gasteiger charge is 2.53. The van der Waals surface area contributed by atoms with Gasteiger partial charge in [0.1, 0.15) is 5.01 Å². The normalized spacial score (nSPS) is 28.9. The fourth-order valence-corrected chi connectivity index (χ4v) is 4.04. The highest BCUT2D eigenvalue weighted by Crippen LogP contribution is 2.44. The van der Waals surface area contributed by atoms with E-state index in [1.165, 1.54) is 0 Å². The maximum Gasteiger partial charge on any atom is 0.237 e. The molecule has 0 spiro atoms. The van der Waals surface area contributed by atoms with Gasteiger partial charge in [0.15, 0.2) is 5.82 Å². The first kappa shape index (κ1) is 13.1. The van der Waals surface area contributed by atoms with Gasteiger partial charge in [0.25, 0.3) is 0 Å². The van der Waals surface area contributed by atoms with E-state index in [0.717, 1.165) is 42.7 Å². The van der Waals surface area contributed by atoms with Crippen molar-refractivity contribution in [2.24, 2.45) is 0 Å². The lowest BCUT2D eigenvalue weighted by Gasteiger charge is -2.40. The monoisotopic (exact) mass is 307 g/mol. The van der Waals surface area contributed by atoms with Gasteiger partial charge in [0, 0.05) is 19.7 Å². The fourth-order valence-electron chi connectivity index (χ4n) is 3.33. The summed E-state index contributed by atoms with van der Waals surface area (Å²) in [7, 11) is 0. The molecule has 2 aliphatic rings. The number of hydrogen-bond donors (Lipinski definition) is 0. The van der Waals surface area contributed by atoms with Gasteiger partial charge in [-0.2, -0.15) is 4.98 Å². The average Bonchev–Trinajstić information content (AvgIpc) is 3.17. The molecule has 0 unspecified atom stereocenters. The van der Waals surface area contributed by atoms with Gasteiger partial charge in [-0.15, -0.1) is 10.2 Å². The zero-order valence-corrected chi connectivity index (χ0v) is 12.9. The van der Waals surface area contributed by atoms with Crippen molar-refractivity contribution in [1.82, 2.24) is 20.3 Å². The third-order valence-electron chi connectivity index (χ3n) is 4.36. The molecule has 2 atom stereocenters. The van der Waals surface area contributed by atoms with Crippen molar-refractivity contribution in [3.05, 3.63) is 16.7 Å². The summed E-state index contributed by atoms with van der Waals surface area (Å²) < 4.78 is 11.4. The summed E-state index contributed by atoms with van der Waals surface area (Å²) in [4.78, 5) is 6.76. The van der Waals surface area contributed by atoms with E-state index in [4.69, 9.17) is 9.26 Å². The second-order valence-corrected chi connectivity index (χ2v) is 6.89. The van der Waals surface area contributed by atoms with Gasteiger partial charge in [-0.25, -0.2) is 0 Å². The Balaban J connectivity index is 1.69. The summed E-state index contributed by atoms with van der Waals surface area (Å²) in [5.41, 5.74) is -0.209. The minimum atomic E-state index is -0.209. The highest BCUT2D eigenvalue weighted by atomic mass is 32.1. The third kappa shape index (κ3) is 2.04. The van der Waals surface area contributed by atoms with E-state index in [2.05, 4.69) is 25.2 Å². The Kier molecular flexibility index (Phi) is 2.97. The summed E-state index contributed by atoms with van der Waals surface area (Å²) in [5, 5.41) is 14.3. The molecule has 2 aromatic rings. The highest BCUT2D eigenvalue weighted by molar-refractivity contribution is 7.15. The van der Waals surface area contributed by atoms with E-state index < -0.39 is 0 Å². The maximum absolute atomic E-state index is 5.93. The minimum Gasteiger partial charge on any atom is -0.377 e. The predicted octanol–water partition coefficient (Wildman–Crippen LogP) is 1.47. The molecular weight excluding hydrogens is 290 g/mol. The summed E-state index contributed by atoms with van der Waals surface area (Å²) in [6.07, 6.45) is 2.01. The standard InChI is InChI=1S/C13H17N5O2S/c1-8-14-11(20-17-8)13-4-6-19-10(13)3-5-18(7-13)12-16-15-9(2)21-12/h10H,3-7H2,1-2H3/t10-,13-/m0/s1. The van der Waals surface area contributed by atoms with Crippen LogP contribution in [-0.4, -0.2) is 46.1 Å². The SMILES string of the molecule is Cc1noc([C@]23CCO[C@H]2CCN(c2nnc(C)s2)C3)n1. The maximum atomic E-state index is 5.93. The lowest BCUT2D eigenvalue weighted by molar-refractivity contribution is 0.0528. The third-order valence-corrected chi connectivity index (χ3v) is 5.26. The second kappa shape index (κ2) is 4.74. The van der Waals surface area contributed by atoms with Crippen molar-refractivity contribution in [1.29, 1.82) is 0 Å².